The van der Waals surface area contributed by atoms with Gasteiger partial charge in [-0.25, -0.2) is 9.37 Å². The lowest BCUT2D eigenvalue weighted by Gasteiger charge is -2.07. The zero-order valence-corrected chi connectivity index (χ0v) is 11.3. The van der Waals surface area contributed by atoms with Gasteiger partial charge in [-0.3, -0.25) is 14.5 Å². The SMILES string of the molecule is O=C(O)Cc1ccc(NS(=O)(=O)c2ncccc2F)cn1. The van der Waals surface area contributed by atoms with Gasteiger partial charge in [0.2, 0.25) is 5.03 Å². The molecule has 2 aromatic rings. The molecule has 9 heteroatoms. The van der Waals surface area contributed by atoms with Crippen LogP contribution in [0.4, 0.5) is 10.1 Å². The summed E-state index contributed by atoms with van der Waals surface area (Å²) in [6.45, 7) is 0. The molecule has 110 valence electrons. The van der Waals surface area contributed by atoms with E-state index in [-0.39, 0.29) is 17.8 Å². The second kappa shape index (κ2) is 5.83. The van der Waals surface area contributed by atoms with Crippen LogP contribution < -0.4 is 4.72 Å². The number of carboxylic acid groups (broad SMARTS) is 1. The van der Waals surface area contributed by atoms with Crippen LogP contribution in [0.3, 0.4) is 0 Å². The van der Waals surface area contributed by atoms with Crippen molar-refractivity contribution in [2.45, 2.75) is 11.4 Å². The van der Waals surface area contributed by atoms with Crippen molar-refractivity contribution in [1.82, 2.24) is 9.97 Å². The van der Waals surface area contributed by atoms with E-state index in [1.807, 2.05) is 0 Å². The lowest BCUT2D eigenvalue weighted by molar-refractivity contribution is -0.136. The topological polar surface area (TPSA) is 109 Å². The highest BCUT2D eigenvalue weighted by molar-refractivity contribution is 7.92. The van der Waals surface area contributed by atoms with Crippen LogP contribution in [0.15, 0.2) is 41.7 Å². The summed E-state index contributed by atoms with van der Waals surface area (Å²) >= 11 is 0. The van der Waals surface area contributed by atoms with E-state index in [0.717, 1.165) is 18.5 Å². The Morgan fingerprint density at radius 3 is 2.62 bits per heavy atom. The van der Waals surface area contributed by atoms with E-state index in [4.69, 9.17) is 5.11 Å². The van der Waals surface area contributed by atoms with Crippen LogP contribution in [0.25, 0.3) is 0 Å². The quantitative estimate of drug-likeness (QED) is 0.854. The van der Waals surface area contributed by atoms with Crippen LogP contribution in [0.2, 0.25) is 0 Å². The highest BCUT2D eigenvalue weighted by Crippen LogP contribution is 2.16. The highest BCUT2D eigenvalue weighted by atomic mass is 32.2. The zero-order chi connectivity index (χ0) is 15.5. The summed E-state index contributed by atoms with van der Waals surface area (Å²) in [5, 5.41) is 7.88. The predicted molar refractivity (Wildman–Crippen MR) is 70.6 cm³/mol. The van der Waals surface area contributed by atoms with Crippen LogP contribution in [0.5, 0.6) is 0 Å². The van der Waals surface area contributed by atoms with Crippen LogP contribution in [-0.2, 0) is 21.2 Å². The first-order chi connectivity index (χ1) is 9.88. The summed E-state index contributed by atoms with van der Waals surface area (Å²) in [6, 6.07) is 4.96. The number of hydrogen-bond donors (Lipinski definition) is 2. The molecule has 0 aliphatic heterocycles. The molecular formula is C12H10FN3O4S. The monoisotopic (exact) mass is 311 g/mol. The number of anilines is 1. The predicted octanol–water partition coefficient (Wildman–Crippen LogP) is 1.04. The molecule has 2 aromatic heterocycles. The summed E-state index contributed by atoms with van der Waals surface area (Å²) in [4.78, 5) is 17.8. The maximum absolute atomic E-state index is 13.4. The molecule has 0 aliphatic carbocycles. The number of aliphatic carboxylic acids is 1. The Kier molecular flexibility index (Phi) is 4.13. The van der Waals surface area contributed by atoms with Gasteiger partial charge < -0.3 is 5.11 Å². The molecule has 0 unspecified atom stereocenters. The average Bonchev–Trinajstić information content (AvgIpc) is 2.40. The summed E-state index contributed by atoms with van der Waals surface area (Å²) in [5.74, 6) is -2.02. The first-order valence-corrected chi connectivity index (χ1v) is 7.17. The molecule has 2 rings (SSSR count). The van der Waals surface area contributed by atoms with E-state index in [2.05, 4.69) is 14.7 Å². The third-order valence-corrected chi connectivity index (χ3v) is 3.70. The first kappa shape index (κ1) is 14.9. The number of hydrogen-bond acceptors (Lipinski definition) is 5. The molecule has 0 aromatic carbocycles. The van der Waals surface area contributed by atoms with Gasteiger partial charge in [0, 0.05) is 6.20 Å². The molecule has 0 atom stereocenters. The van der Waals surface area contributed by atoms with Gasteiger partial charge >= 0.3 is 5.97 Å². The minimum absolute atomic E-state index is 0.0780. The fourth-order valence-corrected chi connectivity index (χ4v) is 2.57. The largest absolute Gasteiger partial charge is 0.481 e. The second-order valence-electron chi connectivity index (χ2n) is 4.00. The lowest BCUT2D eigenvalue weighted by Crippen LogP contribution is -2.16. The van der Waals surface area contributed by atoms with Crippen LogP contribution in [0.1, 0.15) is 5.69 Å². The Hall–Kier alpha value is -2.55. The molecule has 0 saturated heterocycles. The Morgan fingerprint density at radius 2 is 2.05 bits per heavy atom. The number of carbonyl (C=O) groups is 1. The fraction of sp³-hybridized carbons (Fsp3) is 0.0833. The van der Waals surface area contributed by atoms with Crippen molar-refractivity contribution in [3.63, 3.8) is 0 Å². The number of aromatic nitrogens is 2. The maximum atomic E-state index is 13.4. The van der Waals surface area contributed by atoms with Crippen molar-refractivity contribution >= 4 is 21.7 Å². The Labute approximate surface area is 119 Å². The molecule has 0 bridgehead atoms. The third kappa shape index (κ3) is 3.72. The smallest absolute Gasteiger partial charge is 0.309 e. The summed E-state index contributed by atoms with van der Waals surface area (Å²) in [6.07, 6.45) is 2.03. The molecule has 2 heterocycles. The Bertz CT molecular complexity index is 762. The molecule has 7 nitrogen and oxygen atoms in total. The van der Waals surface area contributed by atoms with E-state index in [1.54, 1.807) is 0 Å². The number of carboxylic acids is 1. The van der Waals surface area contributed by atoms with Crippen LogP contribution in [-0.4, -0.2) is 29.5 Å². The summed E-state index contributed by atoms with van der Waals surface area (Å²) in [7, 11) is -4.17. The lowest BCUT2D eigenvalue weighted by atomic mass is 10.3. The van der Waals surface area contributed by atoms with Gasteiger partial charge in [0.15, 0.2) is 5.82 Å². The van der Waals surface area contributed by atoms with E-state index < -0.39 is 26.8 Å². The van der Waals surface area contributed by atoms with Gasteiger partial charge in [0.05, 0.1) is 24.0 Å². The van der Waals surface area contributed by atoms with Gasteiger partial charge in [-0.05, 0) is 24.3 Å². The molecule has 0 fully saturated rings. The molecule has 21 heavy (non-hydrogen) atoms. The summed E-state index contributed by atoms with van der Waals surface area (Å²) < 4.78 is 39.4. The first-order valence-electron chi connectivity index (χ1n) is 5.68. The number of nitrogens with zero attached hydrogens (tertiary/aromatic N) is 2. The van der Waals surface area contributed by atoms with Gasteiger partial charge in [-0.15, -0.1) is 0 Å². The number of sulfonamides is 1. The highest BCUT2D eigenvalue weighted by Gasteiger charge is 2.20. The van der Waals surface area contributed by atoms with Gasteiger partial charge in [0.1, 0.15) is 0 Å². The molecule has 0 saturated carbocycles. The second-order valence-corrected chi connectivity index (χ2v) is 5.60. The maximum Gasteiger partial charge on any atom is 0.309 e. The molecule has 0 radical (unpaired) electrons. The normalized spacial score (nSPS) is 11.1. The van der Waals surface area contributed by atoms with Crippen molar-refractivity contribution in [2.24, 2.45) is 0 Å². The van der Waals surface area contributed by atoms with E-state index >= 15 is 0 Å². The fourth-order valence-electron chi connectivity index (χ4n) is 1.52. The van der Waals surface area contributed by atoms with Gasteiger partial charge in [0.25, 0.3) is 10.0 Å². The summed E-state index contributed by atoms with van der Waals surface area (Å²) in [5.41, 5.74) is 0.351. The average molecular weight is 311 g/mol. The molecule has 0 amide bonds. The van der Waals surface area contributed by atoms with Crippen LogP contribution >= 0.6 is 0 Å². The molecule has 2 N–H and O–H groups in total. The van der Waals surface area contributed by atoms with E-state index in [0.29, 0.717) is 0 Å². The van der Waals surface area contributed by atoms with Crippen molar-refractivity contribution in [3.05, 3.63) is 48.2 Å². The standard InChI is InChI=1S/C12H10FN3O4S/c13-10-2-1-5-14-12(10)21(19,20)16-9-4-3-8(15-7-9)6-11(17)18/h1-5,7,16H,6H2,(H,17,18). The zero-order valence-electron chi connectivity index (χ0n) is 10.5. The molecular weight excluding hydrogens is 301 g/mol. The number of pyridine rings is 2. The van der Waals surface area contributed by atoms with Crippen molar-refractivity contribution in [1.29, 1.82) is 0 Å². The Balaban J connectivity index is 2.21. The number of rotatable bonds is 5. The minimum atomic E-state index is -4.17. The van der Waals surface area contributed by atoms with E-state index in [9.17, 15) is 17.6 Å². The van der Waals surface area contributed by atoms with Crippen LogP contribution in [0, 0.1) is 5.82 Å². The van der Waals surface area contributed by atoms with Crippen molar-refractivity contribution in [3.8, 4) is 0 Å². The minimum Gasteiger partial charge on any atom is -0.481 e. The van der Waals surface area contributed by atoms with Crippen molar-refractivity contribution < 1.29 is 22.7 Å². The third-order valence-electron chi connectivity index (χ3n) is 2.39. The Morgan fingerprint density at radius 1 is 1.29 bits per heavy atom. The number of halogens is 1. The van der Waals surface area contributed by atoms with Gasteiger partial charge in [-0.2, -0.15) is 8.42 Å². The molecule has 0 spiro atoms. The van der Waals surface area contributed by atoms with E-state index in [1.165, 1.54) is 18.2 Å². The molecule has 0 aliphatic rings. The van der Waals surface area contributed by atoms with Gasteiger partial charge in [-0.1, -0.05) is 0 Å². The number of nitrogens with one attached hydrogen (secondary N) is 1. The van der Waals surface area contributed by atoms with Crippen molar-refractivity contribution in [2.75, 3.05) is 4.72 Å².